The van der Waals surface area contributed by atoms with E-state index in [2.05, 4.69) is 15.5 Å². The topological polar surface area (TPSA) is 66.7 Å². The molecular formula is C17H14ClN3O2S. The number of hydrogen-bond donors (Lipinski definition) is 2. The standard InChI is InChI=1S/C17H14ClN3O2S/c1-23-16-7-12(13(18)8-15(16)22)9-19-21-17-20-14(10-24-17)11-5-3-2-4-6-11/h2-10,22H,1H3,(H,20,21). The van der Waals surface area contributed by atoms with Gasteiger partial charge in [0.2, 0.25) is 5.13 Å². The third kappa shape index (κ3) is 3.67. The summed E-state index contributed by atoms with van der Waals surface area (Å²) >= 11 is 7.54. The molecule has 0 saturated heterocycles. The molecule has 0 amide bonds. The first-order valence-electron chi connectivity index (χ1n) is 7.04. The van der Waals surface area contributed by atoms with Gasteiger partial charge in [-0.05, 0) is 6.07 Å². The first kappa shape index (κ1) is 16.3. The zero-order valence-corrected chi connectivity index (χ0v) is 14.3. The summed E-state index contributed by atoms with van der Waals surface area (Å²) in [5, 5.41) is 16.8. The number of halogens is 1. The van der Waals surface area contributed by atoms with E-state index in [0.29, 0.717) is 21.5 Å². The lowest BCUT2D eigenvalue weighted by Crippen LogP contribution is -1.93. The lowest BCUT2D eigenvalue weighted by molar-refractivity contribution is 0.373. The van der Waals surface area contributed by atoms with Crippen molar-refractivity contribution in [2.45, 2.75) is 0 Å². The molecule has 0 fully saturated rings. The van der Waals surface area contributed by atoms with Gasteiger partial charge in [-0.2, -0.15) is 5.10 Å². The van der Waals surface area contributed by atoms with Crippen LogP contribution in [0.5, 0.6) is 11.5 Å². The largest absolute Gasteiger partial charge is 0.504 e. The highest BCUT2D eigenvalue weighted by molar-refractivity contribution is 7.14. The summed E-state index contributed by atoms with van der Waals surface area (Å²) < 4.78 is 5.06. The summed E-state index contributed by atoms with van der Waals surface area (Å²) in [5.41, 5.74) is 5.45. The molecule has 0 unspecified atom stereocenters. The monoisotopic (exact) mass is 359 g/mol. The van der Waals surface area contributed by atoms with Crippen molar-refractivity contribution in [2.75, 3.05) is 12.5 Å². The average molecular weight is 360 g/mol. The maximum absolute atomic E-state index is 9.65. The van der Waals surface area contributed by atoms with Gasteiger partial charge in [0.05, 0.1) is 24.0 Å². The predicted octanol–water partition coefficient (Wildman–Crippen LogP) is 4.62. The van der Waals surface area contributed by atoms with Crippen LogP contribution in [0, 0.1) is 0 Å². The van der Waals surface area contributed by atoms with Gasteiger partial charge in [-0.15, -0.1) is 11.3 Å². The number of nitrogens with one attached hydrogen (secondary N) is 1. The number of hydrazone groups is 1. The van der Waals surface area contributed by atoms with Crippen LogP contribution in [0.15, 0.2) is 52.9 Å². The van der Waals surface area contributed by atoms with Crippen LogP contribution in [-0.2, 0) is 0 Å². The molecule has 5 nitrogen and oxygen atoms in total. The molecule has 0 aliphatic rings. The van der Waals surface area contributed by atoms with Gasteiger partial charge in [0.1, 0.15) is 0 Å². The lowest BCUT2D eigenvalue weighted by Gasteiger charge is -2.05. The van der Waals surface area contributed by atoms with Gasteiger partial charge in [0.25, 0.3) is 0 Å². The molecule has 0 atom stereocenters. The van der Waals surface area contributed by atoms with Crippen LogP contribution in [0.25, 0.3) is 11.3 Å². The van der Waals surface area contributed by atoms with Gasteiger partial charge in [-0.25, -0.2) is 4.98 Å². The Labute approximate surface area is 148 Å². The number of phenols is 1. The summed E-state index contributed by atoms with van der Waals surface area (Å²) in [5.74, 6) is 0.321. The molecule has 0 bridgehead atoms. The maximum Gasteiger partial charge on any atom is 0.203 e. The number of nitrogens with zero attached hydrogens (tertiary/aromatic N) is 2. The summed E-state index contributed by atoms with van der Waals surface area (Å²) in [6, 6.07) is 12.9. The molecule has 1 heterocycles. The van der Waals surface area contributed by atoms with Crippen molar-refractivity contribution < 1.29 is 9.84 Å². The van der Waals surface area contributed by atoms with E-state index in [4.69, 9.17) is 16.3 Å². The number of anilines is 1. The maximum atomic E-state index is 9.65. The van der Waals surface area contributed by atoms with E-state index in [-0.39, 0.29) is 5.75 Å². The second-order valence-corrected chi connectivity index (χ2v) is 6.08. The van der Waals surface area contributed by atoms with Gasteiger partial charge >= 0.3 is 0 Å². The van der Waals surface area contributed by atoms with Gasteiger partial charge < -0.3 is 9.84 Å². The second kappa shape index (κ2) is 7.33. The van der Waals surface area contributed by atoms with Crippen molar-refractivity contribution in [2.24, 2.45) is 5.10 Å². The van der Waals surface area contributed by atoms with Gasteiger partial charge in [-0.1, -0.05) is 41.9 Å². The summed E-state index contributed by atoms with van der Waals surface area (Å²) in [6.07, 6.45) is 1.55. The quantitative estimate of drug-likeness (QED) is 0.515. The number of ether oxygens (including phenoxy) is 1. The predicted molar refractivity (Wildman–Crippen MR) is 98.4 cm³/mol. The fourth-order valence-electron chi connectivity index (χ4n) is 2.04. The van der Waals surface area contributed by atoms with Crippen molar-refractivity contribution in [1.82, 2.24) is 4.98 Å². The number of aromatic hydroxyl groups is 1. The minimum Gasteiger partial charge on any atom is -0.504 e. The molecule has 0 aliphatic carbocycles. The number of aromatic nitrogens is 1. The Morgan fingerprint density at radius 2 is 2.08 bits per heavy atom. The molecular weight excluding hydrogens is 346 g/mol. The number of thiazole rings is 1. The van der Waals surface area contributed by atoms with E-state index in [0.717, 1.165) is 11.3 Å². The normalized spacial score (nSPS) is 10.9. The molecule has 122 valence electrons. The molecule has 0 spiro atoms. The zero-order chi connectivity index (χ0) is 16.9. The smallest absolute Gasteiger partial charge is 0.203 e. The van der Waals surface area contributed by atoms with Gasteiger partial charge in [0.15, 0.2) is 11.5 Å². The average Bonchev–Trinajstić information content (AvgIpc) is 3.06. The minimum absolute atomic E-state index is 0.0139. The SMILES string of the molecule is COc1cc(C=NNc2nc(-c3ccccc3)cs2)c(Cl)cc1O. The highest BCUT2D eigenvalue weighted by atomic mass is 35.5. The molecule has 3 rings (SSSR count). The number of benzene rings is 2. The van der Waals surface area contributed by atoms with E-state index in [1.165, 1.54) is 24.5 Å². The number of methoxy groups -OCH3 is 1. The van der Waals surface area contributed by atoms with E-state index in [9.17, 15) is 5.11 Å². The van der Waals surface area contributed by atoms with E-state index in [1.807, 2.05) is 35.7 Å². The van der Waals surface area contributed by atoms with Crippen LogP contribution >= 0.6 is 22.9 Å². The van der Waals surface area contributed by atoms with Crippen molar-refractivity contribution in [3.8, 4) is 22.8 Å². The Morgan fingerprint density at radius 3 is 2.83 bits per heavy atom. The van der Waals surface area contributed by atoms with E-state index in [1.54, 1.807) is 12.3 Å². The number of hydrogen-bond acceptors (Lipinski definition) is 6. The van der Waals surface area contributed by atoms with Crippen LogP contribution < -0.4 is 10.2 Å². The van der Waals surface area contributed by atoms with Crippen LogP contribution in [-0.4, -0.2) is 23.4 Å². The number of phenolic OH excluding ortho intramolecular Hbond substituents is 1. The Hall–Kier alpha value is -2.57. The van der Waals surface area contributed by atoms with Crippen molar-refractivity contribution in [3.05, 3.63) is 58.4 Å². The fraction of sp³-hybridized carbons (Fsp3) is 0.0588. The molecule has 7 heteroatoms. The summed E-state index contributed by atoms with van der Waals surface area (Å²) in [4.78, 5) is 4.48. The van der Waals surface area contributed by atoms with Crippen LogP contribution in [0.3, 0.4) is 0 Å². The van der Waals surface area contributed by atoms with E-state index >= 15 is 0 Å². The van der Waals surface area contributed by atoms with Crippen molar-refractivity contribution >= 4 is 34.3 Å². The van der Waals surface area contributed by atoms with Crippen LogP contribution in [0.1, 0.15) is 5.56 Å². The Morgan fingerprint density at radius 1 is 1.29 bits per heavy atom. The van der Waals surface area contributed by atoms with Gasteiger partial charge in [-0.3, -0.25) is 5.43 Å². The highest BCUT2D eigenvalue weighted by Crippen LogP contribution is 2.31. The Bertz CT molecular complexity index is 866. The Balaban J connectivity index is 1.72. The third-order valence-electron chi connectivity index (χ3n) is 3.24. The lowest BCUT2D eigenvalue weighted by atomic mass is 10.2. The molecule has 0 radical (unpaired) electrons. The van der Waals surface area contributed by atoms with Gasteiger partial charge in [0, 0.05) is 22.6 Å². The summed E-state index contributed by atoms with van der Waals surface area (Å²) in [7, 11) is 1.48. The summed E-state index contributed by atoms with van der Waals surface area (Å²) in [6.45, 7) is 0. The highest BCUT2D eigenvalue weighted by Gasteiger charge is 2.07. The van der Waals surface area contributed by atoms with E-state index < -0.39 is 0 Å². The molecule has 3 aromatic rings. The molecule has 24 heavy (non-hydrogen) atoms. The van der Waals surface area contributed by atoms with Crippen molar-refractivity contribution in [3.63, 3.8) is 0 Å². The first-order valence-corrected chi connectivity index (χ1v) is 8.29. The molecule has 0 aliphatic heterocycles. The molecule has 1 aromatic heterocycles. The third-order valence-corrected chi connectivity index (χ3v) is 4.31. The first-order chi connectivity index (χ1) is 11.7. The minimum atomic E-state index is -0.0139. The molecule has 0 saturated carbocycles. The molecule has 2 N–H and O–H groups in total. The Kier molecular flexibility index (Phi) is 4.98. The molecule has 2 aromatic carbocycles. The number of rotatable bonds is 5. The van der Waals surface area contributed by atoms with Crippen LogP contribution in [0.2, 0.25) is 5.02 Å². The zero-order valence-electron chi connectivity index (χ0n) is 12.7. The second-order valence-electron chi connectivity index (χ2n) is 4.82. The fourth-order valence-corrected chi connectivity index (χ4v) is 2.92. The van der Waals surface area contributed by atoms with Crippen LogP contribution in [0.4, 0.5) is 5.13 Å². The van der Waals surface area contributed by atoms with Crippen molar-refractivity contribution in [1.29, 1.82) is 0 Å².